The van der Waals surface area contributed by atoms with Crippen molar-refractivity contribution in [3.8, 4) is 0 Å². The standard InChI is InChI=1S/C51H76N2O14/c1-14-37-51(10,59)42(54)30(4)39(52)28(2)26-49(8,58)43(67-48-41(36(53(11)12)25-29(3)61-48)65-46(56)34-21-17-15-18-22-34)31(5)40(32(6)45(55)63-37)64-38-27-50(9,60-13)44(33(7)62-38)66-47(57)35-23-19-16-20-24-35/h15-24,28-33,36-38,40-44,48,52,54,58-59H,14,25-27H2,1-13H3/t28-,29-,30+,31+,32-,33+,36+,37?,38+,40?,41-,42-,43-,44+,48+,49-,50-,51-/m1/s1. The van der Waals surface area contributed by atoms with Crippen LogP contribution in [-0.4, -0.2) is 149 Å². The van der Waals surface area contributed by atoms with Gasteiger partial charge in [0.2, 0.25) is 0 Å². The van der Waals surface area contributed by atoms with Gasteiger partial charge in [0.1, 0.15) is 17.3 Å². The van der Waals surface area contributed by atoms with Gasteiger partial charge in [0.25, 0.3) is 0 Å². The van der Waals surface area contributed by atoms with Gasteiger partial charge in [-0.25, -0.2) is 9.59 Å². The smallest absolute Gasteiger partial charge is 0.338 e. The predicted molar refractivity (Wildman–Crippen MR) is 248 cm³/mol. The third-order valence-corrected chi connectivity index (χ3v) is 14.3. The van der Waals surface area contributed by atoms with Crippen molar-refractivity contribution in [2.45, 2.75) is 179 Å². The van der Waals surface area contributed by atoms with Crippen LogP contribution in [0.25, 0.3) is 0 Å². The molecule has 0 spiro atoms. The second-order valence-corrected chi connectivity index (χ2v) is 20.0. The zero-order valence-electron chi connectivity index (χ0n) is 41.5. The first-order valence-electron chi connectivity index (χ1n) is 23.6. The average molecular weight is 941 g/mol. The van der Waals surface area contributed by atoms with Gasteiger partial charge in [-0.2, -0.15) is 0 Å². The molecule has 3 saturated heterocycles. The highest BCUT2D eigenvalue weighted by Crippen LogP contribution is 2.42. The number of methoxy groups -OCH3 is 1. The number of esters is 3. The van der Waals surface area contributed by atoms with E-state index in [9.17, 15) is 35.1 Å². The number of likely N-dealkylation sites (N-methyl/N-ethyl adjacent to an activating group) is 1. The quantitative estimate of drug-likeness (QED) is 0.151. The largest absolute Gasteiger partial charge is 0.459 e. The first-order chi connectivity index (χ1) is 31.4. The maximum atomic E-state index is 14.6. The Labute approximate surface area is 396 Å². The minimum Gasteiger partial charge on any atom is -0.459 e. The fourth-order valence-electron chi connectivity index (χ4n) is 10.3. The number of aliphatic hydroxyl groups excluding tert-OH is 1. The molecular formula is C51H76N2O14. The molecule has 0 aliphatic carbocycles. The molecule has 67 heavy (non-hydrogen) atoms. The van der Waals surface area contributed by atoms with Gasteiger partial charge in [0, 0.05) is 31.1 Å². The molecule has 4 N–H and O–H groups in total. The van der Waals surface area contributed by atoms with Crippen molar-refractivity contribution in [1.82, 2.24) is 4.90 Å². The fourth-order valence-corrected chi connectivity index (χ4v) is 10.3. The number of cyclic esters (lactones) is 1. The molecule has 16 nitrogen and oxygen atoms in total. The zero-order valence-corrected chi connectivity index (χ0v) is 41.5. The molecule has 18 atom stereocenters. The van der Waals surface area contributed by atoms with E-state index in [-0.39, 0.29) is 37.1 Å². The highest BCUT2D eigenvalue weighted by Gasteiger charge is 2.54. The minimum absolute atomic E-state index is 0.0311. The number of aliphatic hydroxyl groups is 3. The van der Waals surface area contributed by atoms with Crippen LogP contribution in [0.5, 0.6) is 0 Å². The summed E-state index contributed by atoms with van der Waals surface area (Å²) >= 11 is 0. The molecule has 0 saturated carbocycles. The molecule has 2 unspecified atom stereocenters. The van der Waals surface area contributed by atoms with Crippen molar-refractivity contribution < 1.29 is 67.6 Å². The average Bonchev–Trinajstić information content (AvgIpc) is 3.29. The number of carbonyl (C=O) groups is 3. The summed E-state index contributed by atoms with van der Waals surface area (Å²) in [6.07, 6.45) is -9.98. The number of nitrogens with zero attached hydrogens (tertiary/aromatic N) is 1. The molecule has 0 radical (unpaired) electrons. The Balaban J connectivity index is 1.60. The SMILES string of the molecule is CCC1OC(=O)[C@H](C)C(O[C@H]2C[C@@](C)(OC)[C@@H](OC(=O)c3ccccc3)[C@H](C)O2)[C@H](C)[C@@H](O[C@@H]2O[C@H](C)C[C@H](N(C)C)[C@H]2OC(=O)c2ccccc2)[C@](C)(O)C[C@@H](C)C(=N)[C@H](C)[C@@H](O)[C@]1(C)O. The summed E-state index contributed by atoms with van der Waals surface area (Å²) < 4.78 is 51.4. The minimum atomic E-state index is -1.98. The summed E-state index contributed by atoms with van der Waals surface area (Å²) in [4.78, 5) is 43.6. The van der Waals surface area contributed by atoms with Gasteiger partial charge >= 0.3 is 17.9 Å². The molecule has 0 bridgehead atoms. The van der Waals surface area contributed by atoms with Crippen LogP contribution < -0.4 is 0 Å². The Morgan fingerprint density at radius 3 is 1.91 bits per heavy atom. The molecule has 16 heteroatoms. The summed E-state index contributed by atoms with van der Waals surface area (Å²) in [5.74, 6) is -5.58. The summed E-state index contributed by atoms with van der Waals surface area (Å²) in [6, 6.07) is 16.8. The molecule has 3 aliphatic rings. The lowest BCUT2D eigenvalue weighted by atomic mass is 9.73. The van der Waals surface area contributed by atoms with Gasteiger partial charge in [0.15, 0.2) is 24.8 Å². The summed E-state index contributed by atoms with van der Waals surface area (Å²) in [6.45, 7) is 16.8. The lowest BCUT2D eigenvalue weighted by molar-refractivity contribution is -0.317. The Bertz CT molecular complexity index is 1970. The number of ether oxygens (including phenoxy) is 8. The van der Waals surface area contributed by atoms with Crippen LogP contribution in [-0.2, 0) is 42.7 Å². The second kappa shape index (κ2) is 22.3. The van der Waals surface area contributed by atoms with Gasteiger partial charge in [-0.15, -0.1) is 0 Å². The summed E-state index contributed by atoms with van der Waals surface area (Å²) in [5, 5.41) is 45.7. The van der Waals surface area contributed by atoms with Crippen molar-refractivity contribution in [2.75, 3.05) is 21.2 Å². The number of nitrogens with one attached hydrogen (secondary N) is 1. The van der Waals surface area contributed by atoms with Gasteiger partial charge < -0.3 is 63.5 Å². The first kappa shape index (κ1) is 54.1. The lowest BCUT2D eigenvalue weighted by Gasteiger charge is -2.49. The molecule has 3 fully saturated rings. The van der Waals surface area contributed by atoms with Crippen LogP contribution in [0.4, 0.5) is 0 Å². The van der Waals surface area contributed by atoms with E-state index >= 15 is 0 Å². The normalized spacial score (nSPS) is 40.3. The van der Waals surface area contributed by atoms with E-state index < -0.39 is 114 Å². The molecule has 3 heterocycles. The lowest BCUT2D eigenvalue weighted by Crippen LogP contribution is -2.62. The first-order valence-corrected chi connectivity index (χ1v) is 23.6. The number of carbonyl (C=O) groups excluding carboxylic acids is 3. The third kappa shape index (κ3) is 12.3. The molecule has 5 rings (SSSR count). The van der Waals surface area contributed by atoms with Crippen LogP contribution in [0.2, 0.25) is 0 Å². The topological polar surface area (TPSA) is 213 Å². The van der Waals surface area contributed by atoms with Crippen molar-refractivity contribution in [2.24, 2.45) is 23.7 Å². The van der Waals surface area contributed by atoms with E-state index in [2.05, 4.69) is 0 Å². The fraction of sp³-hybridized carbons (Fsp3) is 0.686. The maximum absolute atomic E-state index is 14.6. The Morgan fingerprint density at radius 2 is 1.37 bits per heavy atom. The van der Waals surface area contributed by atoms with E-state index in [0.29, 0.717) is 17.5 Å². The molecule has 0 amide bonds. The molecule has 3 aliphatic heterocycles. The van der Waals surface area contributed by atoms with Crippen molar-refractivity contribution in [3.63, 3.8) is 0 Å². The predicted octanol–water partition coefficient (Wildman–Crippen LogP) is 5.97. The number of hydrogen-bond acceptors (Lipinski definition) is 16. The number of benzene rings is 2. The molecule has 2 aromatic carbocycles. The van der Waals surface area contributed by atoms with E-state index in [1.54, 1.807) is 116 Å². The maximum Gasteiger partial charge on any atom is 0.338 e. The highest BCUT2D eigenvalue weighted by molar-refractivity contribution is 5.90. The summed E-state index contributed by atoms with van der Waals surface area (Å²) in [5.41, 5.74) is -4.23. The van der Waals surface area contributed by atoms with Crippen molar-refractivity contribution in [3.05, 3.63) is 71.8 Å². The van der Waals surface area contributed by atoms with Gasteiger partial charge in [-0.3, -0.25) is 4.79 Å². The molecule has 2 aromatic rings. The van der Waals surface area contributed by atoms with Crippen LogP contribution in [0.15, 0.2) is 60.7 Å². The Morgan fingerprint density at radius 1 is 0.806 bits per heavy atom. The van der Waals surface area contributed by atoms with Crippen LogP contribution >= 0.6 is 0 Å². The molecule has 0 aromatic heterocycles. The van der Waals surface area contributed by atoms with E-state index in [0.717, 1.165) is 0 Å². The van der Waals surface area contributed by atoms with E-state index in [1.165, 1.54) is 14.0 Å². The van der Waals surface area contributed by atoms with E-state index in [4.69, 9.17) is 37.9 Å². The van der Waals surface area contributed by atoms with Gasteiger partial charge in [-0.1, -0.05) is 64.1 Å². The van der Waals surface area contributed by atoms with Crippen LogP contribution in [0.3, 0.4) is 0 Å². The van der Waals surface area contributed by atoms with Gasteiger partial charge in [0.05, 0.1) is 59.2 Å². The van der Waals surface area contributed by atoms with Crippen LogP contribution in [0, 0.1) is 29.1 Å². The van der Waals surface area contributed by atoms with Crippen LogP contribution in [0.1, 0.15) is 116 Å². The zero-order chi connectivity index (χ0) is 49.8. The molecular weight excluding hydrogens is 865 g/mol. The van der Waals surface area contributed by atoms with Crippen molar-refractivity contribution >= 4 is 23.6 Å². The monoisotopic (exact) mass is 941 g/mol. The van der Waals surface area contributed by atoms with E-state index in [1.807, 2.05) is 25.9 Å². The van der Waals surface area contributed by atoms with Crippen molar-refractivity contribution in [1.29, 1.82) is 5.41 Å². The molecule has 374 valence electrons. The Hall–Kier alpha value is -3.84. The summed E-state index contributed by atoms with van der Waals surface area (Å²) in [7, 11) is 5.24. The third-order valence-electron chi connectivity index (χ3n) is 14.3. The second-order valence-electron chi connectivity index (χ2n) is 20.0. The number of rotatable bonds is 11. The Kier molecular flexibility index (Phi) is 18.0. The number of hydrogen-bond donors (Lipinski definition) is 4. The highest BCUT2D eigenvalue weighted by atomic mass is 16.7. The van der Waals surface area contributed by atoms with Gasteiger partial charge in [-0.05, 0) is 105 Å².